The Balaban J connectivity index is 2.03. The lowest BCUT2D eigenvalue weighted by atomic mass is 9.99. The first kappa shape index (κ1) is 14.6. The molecule has 1 aromatic carbocycles. The molecule has 0 spiro atoms. The fraction of sp³-hybridized carbons (Fsp3) is 0.417. The summed E-state index contributed by atoms with van der Waals surface area (Å²) in [6.45, 7) is 0.343. The zero-order valence-corrected chi connectivity index (χ0v) is 11.5. The van der Waals surface area contributed by atoms with E-state index in [0.29, 0.717) is 12.8 Å². The minimum atomic E-state index is -3.72. The summed E-state index contributed by atoms with van der Waals surface area (Å²) in [6.07, 6.45) is 0.604. The van der Waals surface area contributed by atoms with Crippen molar-refractivity contribution >= 4 is 21.9 Å². The smallest absolute Gasteiger partial charge is 0.306 e. The van der Waals surface area contributed by atoms with E-state index in [9.17, 15) is 18.3 Å². The van der Waals surface area contributed by atoms with Gasteiger partial charge in [0.2, 0.25) is 0 Å². The number of piperidine rings is 1. The van der Waals surface area contributed by atoms with Crippen LogP contribution >= 0.6 is 0 Å². The van der Waals surface area contributed by atoms with Gasteiger partial charge in [0.15, 0.2) is 0 Å². The van der Waals surface area contributed by atoms with Crippen molar-refractivity contribution in [2.24, 2.45) is 5.92 Å². The minimum Gasteiger partial charge on any atom is -0.508 e. The Hall–Kier alpha value is -1.80. The van der Waals surface area contributed by atoms with Crippen molar-refractivity contribution in [3.8, 4) is 5.75 Å². The third kappa shape index (κ3) is 3.40. The van der Waals surface area contributed by atoms with Gasteiger partial charge in [0.1, 0.15) is 5.75 Å². The molecule has 2 rings (SSSR count). The van der Waals surface area contributed by atoms with Crippen LogP contribution in [0.15, 0.2) is 24.3 Å². The van der Waals surface area contributed by atoms with Gasteiger partial charge in [-0.1, -0.05) is 6.07 Å². The lowest BCUT2D eigenvalue weighted by molar-refractivity contribution is -0.142. The molecular weight excluding hydrogens is 284 g/mol. The maximum absolute atomic E-state index is 12.1. The molecule has 0 atom stereocenters. The van der Waals surface area contributed by atoms with E-state index in [1.807, 2.05) is 0 Å². The van der Waals surface area contributed by atoms with Crippen molar-refractivity contribution in [2.45, 2.75) is 12.8 Å². The third-order valence-electron chi connectivity index (χ3n) is 3.24. The number of carbonyl (C=O) groups is 1. The number of carboxylic acid groups (broad SMARTS) is 1. The number of anilines is 1. The largest absolute Gasteiger partial charge is 0.508 e. The molecule has 0 bridgehead atoms. The molecule has 0 unspecified atom stereocenters. The first-order valence-electron chi connectivity index (χ1n) is 6.18. The molecule has 7 nitrogen and oxygen atoms in total. The summed E-state index contributed by atoms with van der Waals surface area (Å²) in [5.41, 5.74) is 0.269. The van der Waals surface area contributed by atoms with Crippen LogP contribution in [-0.4, -0.2) is 42.0 Å². The molecule has 20 heavy (non-hydrogen) atoms. The fourth-order valence-corrected chi connectivity index (χ4v) is 3.37. The maximum atomic E-state index is 12.1. The summed E-state index contributed by atoms with van der Waals surface area (Å²) in [4.78, 5) is 10.8. The molecule has 110 valence electrons. The van der Waals surface area contributed by atoms with Crippen LogP contribution < -0.4 is 4.72 Å². The highest BCUT2D eigenvalue weighted by Crippen LogP contribution is 2.22. The molecule has 0 aliphatic carbocycles. The number of phenolic OH excluding ortho intramolecular Hbond substituents is 1. The standard InChI is InChI=1S/C12H16N2O5S/c15-11-3-1-2-10(8-11)13-20(18,19)14-6-4-9(5-7-14)12(16)17/h1-3,8-9,13,15H,4-7H2,(H,16,17). The molecule has 1 aromatic rings. The van der Waals surface area contributed by atoms with Gasteiger partial charge in [0.05, 0.1) is 11.6 Å². The number of hydrogen-bond acceptors (Lipinski definition) is 4. The second-order valence-electron chi connectivity index (χ2n) is 4.67. The van der Waals surface area contributed by atoms with Crippen molar-refractivity contribution in [2.75, 3.05) is 17.8 Å². The van der Waals surface area contributed by atoms with Gasteiger partial charge in [-0.2, -0.15) is 12.7 Å². The van der Waals surface area contributed by atoms with Gasteiger partial charge in [0.25, 0.3) is 0 Å². The molecule has 1 aliphatic heterocycles. The molecule has 1 aliphatic rings. The summed E-state index contributed by atoms with van der Waals surface area (Å²) < 4.78 is 27.8. The average Bonchev–Trinajstić information content (AvgIpc) is 2.38. The molecule has 0 amide bonds. The van der Waals surface area contributed by atoms with Crippen LogP contribution in [-0.2, 0) is 15.0 Å². The highest BCUT2D eigenvalue weighted by molar-refractivity contribution is 7.90. The predicted octanol–water partition coefficient (Wildman–Crippen LogP) is 0.845. The maximum Gasteiger partial charge on any atom is 0.306 e. The van der Waals surface area contributed by atoms with Crippen LogP contribution in [0.3, 0.4) is 0 Å². The Morgan fingerprint density at radius 3 is 2.50 bits per heavy atom. The number of rotatable bonds is 4. The van der Waals surface area contributed by atoms with Crippen molar-refractivity contribution in [3.63, 3.8) is 0 Å². The minimum absolute atomic E-state index is 0.0326. The monoisotopic (exact) mass is 300 g/mol. The molecule has 1 heterocycles. The first-order valence-corrected chi connectivity index (χ1v) is 7.62. The molecule has 0 radical (unpaired) electrons. The number of carboxylic acids is 1. The van der Waals surface area contributed by atoms with Gasteiger partial charge >= 0.3 is 16.2 Å². The quantitative estimate of drug-likeness (QED) is 0.764. The zero-order chi connectivity index (χ0) is 14.8. The zero-order valence-electron chi connectivity index (χ0n) is 10.7. The molecule has 0 aromatic heterocycles. The van der Waals surface area contributed by atoms with Gasteiger partial charge in [0, 0.05) is 19.2 Å². The van der Waals surface area contributed by atoms with Gasteiger partial charge in [-0.3, -0.25) is 9.52 Å². The van der Waals surface area contributed by atoms with Gasteiger partial charge in [-0.25, -0.2) is 0 Å². The van der Waals surface area contributed by atoms with Crippen LogP contribution in [0.2, 0.25) is 0 Å². The normalized spacial score (nSPS) is 17.8. The topological polar surface area (TPSA) is 107 Å². The van der Waals surface area contributed by atoms with Crippen molar-refractivity contribution in [1.82, 2.24) is 4.31 Å². The van der Waals surface area contributed by atoms with E-state index < -0.39 is 22.1 Å². The van der Waals surface area contributed by atoms with Crippen LogP contribution in [0, 0.1) is 5.92 Å². The molecule has 1 fully saturated rings. The van der Waals surface area contributed by atoms with E-state index >= 15 is 0 Å². The summed E-state index contributed by atoms with van der Waals surface area (Å²) in [7, 11) is -3.72. The Labute approximate surface area is 117 Å². The lowest BCUT2D eigenvalue weighted by Crippen LogP contribution is -2.42. The van der Waals surface area contributed by atoms with Crippen molar-refractivity contribution < 1.29 is 23.4 Å². The van der Waals surface area contributed by atoms with Gasteiger partial charge < -0.3 is 10.2 Å². The first-order chi connectivity index (χ1) is 9.38. The van der Waals surface area contributed by atoms with E-state index in [2.05, 4.69) is 4.72 Å². The summed E-state index contributed by atoms with van der Waals surface area (Å²) in [5, 5.41) is 18.2. The second kappa shape index (κ2) is 5.68. The van der Waals surface area contributed by atoms with E-state index in [1.165, 1.54) is 28.6 Å². The Kier molecular flexibility index (Phi) is 4.15. The predicted molar refractivity (Wildman–Crippen MR) is 72.6 cm³/mol. The third-order valence-corrected chi connectivity index (χ3v) is 4.77. The van der Waals surface area contributed by atoms with E-state index in [0.717, 1.165) is 0 Å². The van der Waals surface area contributed by atoms with Gasteiger partial charge in [-0.05, 0) is 25.0 Å². The number of aliphatic carboxylic acids is 1. The molecule has 1 saturated heterocycles. The number of aromatic hydroxyl groups is 1. The van der Waals surface area contributed by atoms with E-state index in [1.54, 1.807) is 0 Å². The Morgan fingerprint density at radius 2 is 1.95 bits per heavy atom. The number of phenols is 1. The van der Waals surface area contributed by atoms with E-state index in [4.69, 9.17) is 5.11 Å². The van der Waals surface area contributed by atoms with E-state index in [-0.39, 0.29) is 24.5 Å². The molecule has 3 N–H and O–H groups in total. The van der Waals surface area contributed by atoms with Gasteiger partial charge in [-0.15, -0.1) is 0 Å². The summed E-state index contributed by atoms with van der Waals surface area (Å²) >= 11 is 0. The van der Waals surface area contributed by atoms with Crippen LogP contribution in [0.25, 0.3) is 0 Å². The van der Waals surface area contributed by atoms with Crippen LogP contribution in [0.1, 0.15) is 12.8 Å². The number of nitrogens with one attached hydrogen (secondary N) is 1. The summed E-state index contributed by atoms with van der Waals surface area (Å²) in [5.74, 6) is -1.40. The number of hydrogen-bond donors (Lipinski definition) is 3. The van der Waals surface area contributed by atoms with Crippen LogP contribution in [0.4, 0.5) is 5.69 Å². The lowest BCUT2D eigenvalue weighted by Gasteiger charge is -2.29. The Bertz CT molecular complexity index is 594. The molecule has 0 saturated carbocycles. The number of nitrogens with zero attached hydrogens (tertiary/aromatic N) is 1. The molecular formula is C12H16N2O5S. The average molecular weight is 300 g/mol. The SMILES string of the molecule is O=C(O)C1CCN(S(=O)(=O)Nc2cccc(O)c2)CC1. The second-order valence-corrected chi connectivity index (χ2v) is 6.34. The fourth-order valence-electron chi connectivity index (χ4n) is 2.13. The number of benzene rings is 1. The highest BCUT2D eigenvalue weighted by Gasteiger charge is 2.30. The summed E-state index contributed by atoms with van der Waals surface area (Å²) in [6, 6.07) is 5.81. The Morgan fingerprint density at radius 1 is 1.30 bits per heavy atom. The molecule has 8 heteroatoms. The van der Waals surface area contributed by atoms with Crippen molar-refractivity contribution in [1.29, 1.82) is 0 Å². The van der Waals surface area contributed by atoms with Crippen LogP contribution in [0.5, 0.6) is 5.75 Å². The van der Waals surface area contributed by atoms with Crippen molar-refractivity contribution in [3.05, 3.63) is 24.3 Å². The highest BCUT2D eigenvalue weighted by atomic mass is 32.2.